The molecule has 11 heteroatoms. The number of hydrazine groups is 1. The Labute approximate surface area is 201 Å². The third-order valence-electron chi connectivity index (χ3n) is 6.30. The van der Waals surface area contributed by atoms with E-state index in [4.69, 9.17) is 9.57 Å². The first-order valence-electron chi connectivity index (χ1n) is 12.4. The van der Waals surface area contributed by atoms with E-state index in [1.54, 1.807) is 4.90 Å². The molecule has 34 heavy (non-hydrogen) atoms. The molecule has 5 amide bonds. The van der Waals surface area contributed by atoms with Crippen LogP contribution in [-0.2, 0) is 19.2 Å². The SMILES string of the molecule is CCCCON1C(=O)N2C[C@@H]1CCC2C(=O)NNC(=O)CCCC1CN(C(=O)OC(C)(C)C)C1. The summed E-state index contributed by atoms with van der Waals surface area (Å²) in [6, 6.07) is -0.926. The van der Waals surface area contributed by atoms with E-state index in [9.17, 15) is 19.2 Å². The first-order chi connectivity index (χ1) is 16.1. The minimum Gasteiger partial charge on any atom is -0.444 e. The number of piperidine rings is 1. The molecule has 0 radical (unpaired) electrons. The van der Waals surface area contributed by atoms with Crippen molar-refractivity contribution in [3.05, 3.63) is 0 Å². The van der Waals surface area contributed by atoms with Crippen LogP contribution in [0.25, 0.3) is 0 Å². The van der Waals surface area contributed by atoms with Crippen LogP contribution in [0, 0.1) is 5.92 Å². The van der Waals surface area contributed by atoms with Crippen molar-refractivity contribution in [2.75, 3.05) is 26.2 Å². The average Bonchev–Trinajstić information content (AvgIpc) is 2.97. The van der Waals surface area contributed by atoms with Crippen molar-refractivity contribution in [2.45, 2.75) is 90.3 Å². The van der Waals surface area contributed by atoms with Crippen molar-refractivity contribution >= 4 is 23.9 Å². The van der Waals surface area contributed by atoms with Gasteiger partial charge in [0.15, 0.2) is 0 Å². The number of ether oxygens (including phenoxy) is 1. The molecule has 3 aliphatic heterocycles. The van der Waals surface area contributed by atoms with Crippen molar-refractivity contribution in [1.82, 2.24) is 25.7 Å². The normalized spacial score (nSPS) is 22.5. The van der Waals surface area contributed by atoms with Crippen molar-refractivity contribution in [3.8, 4) is 0 Å². The summed E-state index contributed by atoms with van der Waals surface area (Å²) in [4.78, 5) is 58.2. The monoisotopic (exact) mass is 481 g/mol. The minimum atomic E-state index is -0.613. The first-order valence-corrected chi connectivity index (χ1v) is 12.4. The van der Waals surface area contributed by atoms with Crippen molar-refractivity contribution in [1.29, 1.82) is 0 Å². The molecule has 0 aliphatic carbocycles. The molecule has 2 bridgehead atoms. The smallest absolute Gasteiger partial charge is 0.410 e. The van der Waals surface area contributed by atoms with Crippen LogP contribution in [0.15, 0.2) is 0 Å². The fraction of sp³-hybridized carbons (Fsp3) is 0.826. The molecule has 2 atom stereocenters. The summed E-state index contributed by atoms with van der Waals surface area (Å²) in [5.41, 5.74) is 4.43. The Hall–Kier alpha value is -2.56. The third-order valence-corrected chi connectivity index (χ3v) is 6.30. The van der Waals surface area contributed by atoms with Gasteiger partial charge in [0.25, 0.3) is 5.91 Å². The zero-order valence-electron chi connectivity index (χ0n) is 20.8. The molecule has 0 aromatic rings. The van der Waals surface area contributed by atoms with E-state index in [0.717, 1.165) is 19.3 Å². The van der Waals surface area contributed by atoms with E-state index in [-0.39, 0.29) is 36.4 Å². The second kappa shape index (κ2) is 11.2. The Morgan fingerprint density at radius 2 is 1.79 bits per heavy atom. The highest BCUT2D eigenvalue weighted by atomic mass is 16.7. The number of unbranched alkanes of at least 4 members (excludes halogenated alkanes) is 1. The lowest BCUT2D eigenvalue weighted by atomic mass is 9.94. The number of hydrogen-bond donors (Lipinski definition) is 2. The maximum absolute atomic E-state index is 12.6. The zero-order chi connectivity index (χ0) is 24.9. The second-order valence-corrected chi connectivity index (χ2v) is 10.4. The largest absolute Gasteiger partial charge is 0.444 e. The van der Waals surface area contributed by atoms with Gasteiger partial charge in [0, 0.05) is 26.1 Å². The van der Waals surface area contributed by atoms with Crippen molar-refractivity contribution in [2.24, 2.45) is 5.92 Å². The predicted octanol–water partition coefficient (Wildman–Crippen LogP) is 2.17. The van der Waals surface area contributed by atoms with Crippen LogP contribution < -0.4 is 10.9 Å². The summed E-state index contributed by atoms with van der Waals surface area (Å²) in [7, 11) is 0. The van der Waals surface area contributed by atoms with Gasteiger partial charge in [-0.05, 0) is 58.8 Å². The summed E-state index contributed by atoms with van der Waals surface area (Å²) in [5, 5.41) is 1.41. The third kappa shape index (κ3) is 6.74. The lowest BCUT2D eigenvalue weighted by Gasteiger charge is -2.39. The predicted molar refractivity (Wildman–Crippen MR) is 123 cm³/mol. The standard InChI is InChI=1S/C23H39N5O6/c1-5-6-12-33-28-17-10-11-18(27(15-17)21(28)31)20(30)25-24-19(29)9-7-8-16-13-26(14-16)22(32)34-23(2,3)4/h16-18H,5-15H2,1-4H3,(H,24,29)(H,25,30)/t17-,18?/m0/s1. The lowest BCUT2D eigenvalue weighted by molar-refractivity contribution is -0.132. The van der Waals surface area contributed by atoms with Crippen LogP contribution in [0.1, 0.15) is 72.6 Å². The van der Waals surface area contributed by atoms with Crippen LogP contribution in [0.2, 0.25) is 0 Å². The summed E-state index contributed by atoms with van der Waals surface area (Å²) in [5.74, 6) is -0.307. The van der Waals surface area contributed by atoms with E-state index in [1.165, 1.54) is 9.96 Å². The number of likely N-dealkylation sites (tertiary alicyclic amines) is 1. The number of hydroxylamine groups is 2. The van der Waals surface area contributed by atoms with Gasteiger partial charge in [-0.3, -0.25) is 25.3 Å². The molecule has 3 saturated heterocycles. The van der Waals surface area contributed by atoms with E-state index < -0.39 is 11.6 Å². The Kier molecular flexibility index (Phi) is 8.62. The van der Waals surface area contributed by atoms with E-state index >= 15 is 0 Å². The average molecular weight is 482 g/mol. The van der Waals surface area contributed by atoms with Gasteiger partial charge in [-0.15, -0.1) is 0 Å². The fourth-order valence-electron chi connectivity index (χ4n) is 4.43. The van der Waals surface area contributed by atoms with Crippen LogP contribution in [0.4, 0.5) is 9.59 Å². The Balaban J connectivity index is 1.30. The lowest BCUT2D eigenvalue weighted by Crippen LogP contribution is -2.54. The van der Waals surface area contributed by atoms with E-state index in [1.807, 2.05) is 20.8 Å². The highest BCUT2D eigenvalue weighted by molar-refractivity contribution is 5.90. The molecule has 3 heterocycles. The zero-order valence-corrected chi connectivity index (χ0v) is 20.8. The van der Waals surface area contributed by atoms with Gasteiger partial charge in [-0.2, -0.15) is 5.06 Å². The molecule has 0 aromatic heterocycles. The molecule has 0 spiro atoms. The molecular formula is C23H39N5O6. The summed E-state index contributed by atoms with van der Waals surface area (Å²) >= 11 is 0. The highest BCUT2D eigenvalue weighted by Crippen LogP contribution is 2.30. The van der Waals surface area contributed by atoms with Gasteiger partial charge >= 0.3 is 12.1 Å². The van der Waals surface area contributed by atoms with Gasteiger partial charge in [-0.1, -0.05) is 13.3 Å². The van der Waals surface area contributed by atoms with Gasteiger partial charge < -0.3 is 14.5 Å². The molecular weight excluding hydrogens is 442 g/mol. The topological polar surface area (TPSA) is 121 Å². The molecule has 2 N–H and O–H groups in total. The van der Waals surface area contributed by atoms with Crippen molar-refractivity contribution < 1.29 is 28.8 Å². The highest BCUT2D eigenvalue weighted by Gasteiger charge is 2.48. The number of nitrogens with one attached hydrogen (secondary N) is 2. The van der Waals surface area contributed by atoms with Crippen LogP contribution in [-0.4, -0.2) is 82.7 Å². The number of urea groups is 1. The molecule has 0 aromatic carbocycles. The number of amides is 5. The number of fused-ring (bicyclic) bond motifs is 2. The van der Waals surface area contributed by atoms with E-state index in [2.05, 4.69) is 17.8 Å². The van der Waals surface area contributed by atoms with Crippen LogP contribution in [0.3, 0.4) is 0 Å². The number of nitrogens with zero attached hydrogens (tertiary/aromatic N) is 3. The molecule has 192 valence electrons. The fourth-order valence-corrected chi connectivity index (χ4v) is 4.43. The molecule has 1 unspecified atom stereocenters. The summed E-state index contributed by atoms with van der Waals surface area (Å²) < 4.78 is 5.34. The Morgan fingerprint density at radius 1 is 1.06 bits per heavy atom. The number of rotatable bonds is 9. The minimum absolute atomic E-state index is 0.0271. The van der Waals surface area contributed by atoms with Gasteiger partial charge in [-0.25, -0.2) is 9.59 Å². The molecule has 11 nitrogen and oxygen atoms in total. The molecule has 3 aliphatic rings. The quantitative estimate of drug-likeness (QED) is 0.385. The molecule has 0 saturated carbocycles. The van der Waals surface area contributed by atoms with E-state index in [0.29, 0.717) is 51.4 Å². The molecule has 3 fully saturated rings. The van der Waals surface area contributed by atoms with Gasteiger partial charge in [0.2, 0.25) is 5.91 Å². The first kappa shape index (κ1) is 26.1. The molecule has 3 rings (SSSR count). The Bertz CT molecular complexity index is 763. The van der Waals surface area contributed by atoms with Gasteiger partial charge in [0.1, 0.15) is 11.6 Å². The number of carbonyl (C=O) groups is 4. The second-order valence-electron chi connectivity index (χ2n) is 10.4. The number of hydrogen-bond acceptors (Lipinski definition) is 6. The van der Waals surface area contributed by atoms with Crippen LogP contribution in [0.5, 0.6) is 0 Å². The van der Waals surface area contributed by atoms with Crippen LogP contribution >= 0.6 is 0 Å². The number of carbonyl (C=O) groups excluding carboxylic acids is 4. The van der Waals surface area contributed by atoms with Gasteiger partial charge in [0.05, 0.1) is 12.6 Å². The maximum Gasteiger partial charge on any atom is 0.410 e. The summed E-state index contributed by atoms with van der Waals surface area (Å²) in [6.45, 7) is 9.79. The summed E-state index contributed by atoms with van der Waals surface area (Å²) in [6.07, 6.45) is 4.52. The van der Waals surface area contributed by atoms with Crippen molar-refractivity contribution in [3.63, 3.8) is 0 Å². The maximum atomic E-state index is 12.6. The Morgan fingerprint density at radius 3 is 2.47 bits per heavy atom.